The van der Waals surface area contributed by atoms with Crippen LogP contribution in [0.1, 0.15) is 37.7 Å². The van der Waals surface area contributed by atoms with E-state index in [1.165, 1.54) is 43.4 Å². The van der Waals surface area contributed by atoms with Crippen LogP contribution in [-0.2, 0) is 6.54 Å². The van der Waals surface area contributed by atoms with E-state index >= 15 is 0 Å². The van der Waals surface area contributed by atoms with Crippen molar-refractivity contribution in [1.29, 1.82) is 0 Å². The molecule has 0 saturated heterocycles. The summed E-state index contributed by atoms with van der Waals surface area (Å²) in [5.74, 6) is 0. The Morgan fingerprint density at radius 3 is 2.82 bits per heavy atom. The van der Waals surface area contributed by atoms with Gasteiger partial charge < -0.3 is 10.2 Å². The first-order valence-corrected chi connectivity index (χ1v) is 6.73. The number of rotatable bonds is 5. The molecule has 0 radical (unpaired) electrons. The molecule has 2 fully saturated rings. The summed E-state index contributed by atoms with van der Waals surface area (Å²) in [7, 11) is 2.21. The van der Waals surface area contributed by atoms with Crippen molar-refractivity contribution < 1.29 is 0 Å². The number of hydrogen-bond acceptors (Lipinski definition) is 3. The molecule has 1 aromatic rings. The van der Waals surface area contributed by atoms with E-state index in [1.54, 1.807) is 0 Å². The Labute approximate surface area is 103 Å². The summed E-state index contributed by atoms with van der Waals surface area (Å²) >= 11 is 0. The molecule has 1 heterocycles. The first-order chi connectivity index (χ1) is 8.34. The average Bonchev–Trinajstić information content (AvgIpc) is 3.08. The number of hydrogen-bond donors (Lipinski definition) is 1. The third-order valence-corrected chi connectivity index (χ3v) is 4.05. The van der Waals surface area contributed by atoms with E-state index in [2.05, 4.69) is 28.3 Å². The van der Waals surface area contributed by atoms with Crippen LogP contribution in [0.5, 0.6) is 0 Å². The zero-order chi connectivity index (χ0) is 11.7. The largest absolute Gasteiger partial charge is 0.370 e. The van der Waals surface area contributed by atoms with Crippen molar-refractivity contribution >= 4 is 5.69 Å². The Bertz CT molecular complexity index is 383. The Morgan fingerprint density at radius 1 is 1.35 bits per heavy atom. The molecule has 0 amide bonds. The highest BCUT2D eigenvalue weighted by Gasteiger charge is 2.25. The van der Waals surface area contributed by atoms with Crippen LogP contribution in [0.4, 0.5) is 5.69 Å². The minimum absolute atomic E-state index is 0.735. The van der Waals surface area contributed by atoms with Gasteiger partial charge in [0, 0.05) is 31.9 Å². The molecule has 3 nitrogen and oxygen atoms in total. The third-order valence-electron chi connectivity index (χ3n) is 4.05. The van der Waals surface area contributed by atoms with Gasteiger partial charge in [-0.15, -0.1) is 0 Å². The second-order valence-corrected chi connectivity index (χ2v) is 5.36. The third kappa shape index (κ3) is 2.44. The summed E-state index contributed by atoms with van der Waals surface area (Å²) in [6.07, 6.45) is 10.7. The van der Waals surface area contributed by atoms with Gasteiger partial charge in [0.05, 0.1) is 11.9 Å². The van der Waals surface area contributed by atoms with Crippen LogP contribution in [0, 0.1) is 0 Å². The molecule has 17 heavy (non-hydrogen) atoms. The lowest BCUT2D eigenvalue weighted by atomic mass is 9.91. The number of aromatic nitrogens is 1. The van der Waals surface area contributed by atoms with Gasteiger partial charge in [-0.25, -0.2) is 0 Å². The van der Waals surface area contributed by atoms with Gasteiger partial charge in [0.2, 0.25) is 0 Å². The molecule has 3 rings (SSSR count). The highest BCUT2D eigenvalue weighted by molar-refractivity contribution is 5.52. The molecule has 1 aromatic heterocycles. The maximum atomic E-state index is 4.28. The first kappa shape index (κ1) is 11.0. The second kappa shape index (κ2) is 4.65. The predicted octanol–water partition coefficient (Wildman–Crippen LogP) is 2.32. The minimum atomic E-state index is 0.735. The lowest BCUT2D eigenvalue weighted by Gasteiger charge is -2.37. The Morgan fingerprint density at radius 2 is 2.18 bits per heavy atom. The van der Waals surface area contributed by atoms with Crippen molar-refractivity contribution in [2.75, 3.05) is 11.9 Å². The van der Waals surface area contributed by atoms with Crippen LogP contribution < -0.4 is 10.2 Å². The fraction of sp³-hybridized carbons (Fsp3) is 0.643. The lowest BCUT2D eigenvalue weighted by molar-refractivity contribution is 0.400. The summed E-state index contributed by atoms with van der Waals surface area (Å²) in [6, 6.07) is 3.66. The highest BCUT2D eigenvalue weighted by Crippen LogP contribution is 2.30. The van der Waals surface area contributed by atoms with Gasteiger partial charge in [-0.1, -0.05) is 0 Å². The molecule has 0 aliphatic heterocycles. The normalized spacial score (nSPS) is 20.1. The van der Waals surface area contributed by atoms with E-state index < -0.39 is 0 Å². The predicted molar refractivity (Wildman–Crippen MR) is 70.1 cm³/mol. The smallest absolute Gasteiger partial charge is 0.0598 e. The fourth-order valence-electron chi connectivity index (χ4n) is 2.39. The molecular formula is C14H21N3. The van der Waals surface area contributed by atoms with Crippen molar-refractivity contribution in [3.63, 3.8) is 0 Å². The average molecular weight is 231 g/mol. The van der Waals surface area contributed by atoms with E-state index in [4.69, 9.17) is 0 Å². The van der Waals surface area contributed by atoms with Crippen molar-refractivity contribution in [1.82, 2.24) is 10.3 Å². The van der Waals surface area contributed by atoms with Crippen molar-refractivity contribution in [3.05, 3.63) is 24.0 Å². The van der Waals surface area contributed by atoms with Gasteiger partial charge in [0.15, 0.2) is 0 Å². The van der Waals surface area contributed by atoms with Crippen LogP contribution in [0.3, 0.4) is 0 Å². The Hall–Kier alpha value is -1.09. The Kier molecular flexibility index (Phi) is 3.02. The summed E-state index contributed by atoms with van der Waals surface area (Å²) in [4.78, 5) is 6.70. The van der Waals surface area contributed by atoms with E-state index in [0.29, 0.717) is 0 Å². The summed E-state index contributed by atoms with van der Waals surface area (Å²) in [6.45, 7) is 0.986. The maximum absolute atomic E-state index is 4.28. The zero-order valence-corrected chi connectivity index (χ0v) is 10.5. The van der Waals surface area contributed by atoms with Crippen molar-refractivity contribution in [2.24, 2.45) is 0 Å². The molecule has 0 unspecified atom stereocenters. The lowest BCUT2D eigenvalue weighted by Crippen LogP contribution is -2.38. The molecule has 92 valence electrons. The maximum Gasteiger partial charge on any atom is 0.0598 e. The van der Waals surface area contributed by atoms with Gasteiger partial charge in [-0.05, 0) is 43.7 Å². The van der Waals surface area contributed by atoms with Crippen molar-refractivity contribution in [2.45, 2.75) is 50.7 Å². The summed E-state index contributed by atoms with van der Waals surface area (Å²) < 4.78 is 0. The molecule has 2 aliphatic rings. The van der Waals surface area contributed by atoms with E-state index in [1.807, 2.05) is 12.4 Å². The molecule has 3 heteroatoms. The number of pyridine rings is 1. The molecule has 2 saturated carbocycles. The standard InChI is InChI=1S/C14H21N3/c1-17(13-3-2-4-13)14-10-15-8-7-11(14)9-16-12-5-6-12/h7-8,10,12-13,16H,2-6,9H2,1H3. The first-order valence-electron chi connectivity index (χ1n) is 6.73. The van der Waals surface area contributed by atoms with Gasteiger partial charge >= 0.3 is 0 Å². The molecular weight excluding hydrogens is 210 g/mol. The van der Waals surface area contributed by atoms with Gasteiger partial charge in [0.25, 0.3) is 0 Å². The highest BCUT2D eigenvalue weighted by atomic mass is 15.2. The van der Waals surface area contributed by atoms with E-state index in [0.717, 1.165) is 18.6 Å². The topological polar surface area (TPSA) is 28.2 Å². The molecule has 0 spiro atoms. The minimum Gasteiger partial charge on any atom is -0.370 e. The Balaban J connectivity index is 1.71. The molecule has 0 bridgehead atoms. The molecule has 0 aromatic carbocycles. The van der Waals surface area contributed by atoms with Gasteiger partial charge in [-0.2, -0.15) is 0 Å². The number of nitrogens with zero attached hydrogens (tertiary/aromatic N) is 2. The SMILES string of the molecule is CN(c1cnccc1CNC1CC1)C1CCC1. The summed E-state index contributed by atoms with van der Waals surface area (Å²) in [5, 5.41) is 3.59. The summed E-state index contributed by atoms with van der Waals surface area (Å²) in [5.41, 5.74) is 2.70. The quantitative estimate of drug-likeness (QED) is 0.843. The monoisotopic (exact) mass is 231 g/mol. The van der Waals surface area contributed by atoms with Crippen molar-refractivity contribution in [3.8, 4) is 0 Å². The van der Waals surface area contributed by atoms with Crippen LogP contribution >= 0.6 is 0 Å². The number of nitrogens with one attached hydrogen (secondary N) is 1. The van der Waals surface area contributed by atoms with Gasteiger partial charge in [-0.3, -0.25) is 4.98 Å². The van der Waals surface area contributed by atoms with Gasteiger partial charge in [0.1, 0.15) is 0 Å². The molecule has 2 aliphatic carbocycles. The van der Waals surface area contributed by atoms with E-state index in [-0.39, 0.29) is 0 Å². The van der Waals surface area contributed by atoms with Crippen LogP contribution in [0.25, 0.3) is 0 Å². The van der Waals surface area contributed by atoms with Crippen LogP contribution in [0.2, 0.25) is 0 Å². The van der Waals surface area contributed by atoms with Crippen LogP contribution in [0.15, 0.2) is 18.5 Å². The molecule has 1 N–H and O–H groups in total. The fourth-order valence-corrected chi connectivity index (χ4v) is 2.39. The molecule has 0 atom stereocenters. The van der Waals surface area contributed by atoms with E-state index in [9.17, 15) is 0 Å². The number of anilines is 1. The zero-order valence-electron chi connectivity index (χ0n) is 10.5. The van der Waals surface area contributed by atoms with Crippen LogP contribution in [-0.4, -0.2) is 24.1 Å². The second-order valence-electron chi connectivity index (χ2n) is 5.36.